The highest BCUT2D eigenvalue weighted by atomic mass is 32.2. The number of sulfonamides is 1. The molecule has 0 bridgehead atoms. The van der Waals surface area contributed by atoms with Crippen LogP contribution >= 0.6 is 0 Å². The lowest BCUT2D eigenvalue weighted by Gasteiger charge is -2.44. The third-order valence-corrected chi connectivity index (χ3v) is 7.02. The number of rotatable bonds is 6. The Morgan fingerprint density at radius 3 is 2.31 bits per heavy atom. The number of nitrogens with zero attached hydrogens (tertiary/aromatic N) is 5. The van der Waals surface area contributed by atoms with E-state index in [9.17, 15) is 13.2 Å². The molecule has 186 valence electrons. The second kappa shape index (κ2) is 9.03. The second-order valence-electron chi connectivity index (χ2n) is 9.36. The van der Waals surface area contributed by atoms with Crippen molar-refractivity contribution in [3.8, 4) is 16.8 Å². The van der Waals surface area contributed by atoms with Gasteiger partial charge in [-0.2, -0.15) is 5.10 Å². The van der Waals surface area contributed by atoms with Gasteiger partial charge < -0.3 is 9.80 Å². The normalized spacial score (nSPS) is 14.3. The van der Waals surface area contributed by atoms with Gasteiger partial charge in [-0.3, -0.25) is 4.79 Å². The number of fused-ring (bicyclic) bond motifs is 1. The summed E-state index contributed by atoms with van der Waals surface area (Å²) in [5.41, 5.74) is 4.81. The van der Waals surface area contributed by atoms with E-state index in [0.29, 0.717) is 11.7 Å². The van der Waals surface area contributed by atoms with Gasteiger partial charge >= 0.3 is 0 Å². The molecule has 1 aliphatic rings. The Morgan fingerprint density at radius 2 is 1.69 bits per heavy atom. The van der Waals surface area contributed by atoms with Gasteiger partial charge in [0.2, 0.25) is 10.0 Å². The number of amides is 1. The molecule has 3 heterocycles. The van der Waals surface area contributed by atoms with Crippen LogP contribution in [0.2, 0.25) is 0 Å². The quantitative estimate of drug-likeness (QED) is 0.431. The van der Waals surface area contributed by atoms with Crippen LogP contribution in [0.1, 0.15) is 16.2 Å². The fourth-order valence-corrected chi connectivity index (χ4v) is 4.89. The average Bonchev–Trinajstić information content (AvgIpc) is 3.14. The minimum Gasteiger partial charge on any atom is -0.368 e. The second-order valence-corrected chi connectivity index (χ2v) is 11.1. The molecule has 2 aromatic carbocycles. The van der Waals surface area contributed by atoms with Crippen LogP contribution in [0.4, 0.5) is 5.69 Å². The first-order valence-corrected chi connectivity index (χ1v) is 13.5. The Bertz CT molecular complexity index is 1540. The molecule has 0 atom stereocenters. The van der Waals surface area contributed by atoms with Crippen molar-refractivity contribution in [3.05, 3.63) is 72.1 Å². The molecule has 5 rings (SSSR count). The van der Waals surface area contributed by atoms with Crippen LogP contribution in [0.15, 0.2) is 60.7 Å². The largest absolute Gasteiger partial charge is 0.368 e. The molecule has 0 unspecified atom stereocenters. The molecule has 10 heteroatoms. The summed E-state index contributed by atoms with van der Waals surface area (Å²) < 4.78 is 27.2. The number of para-hydroxylation sites is 1. The number of aryl methyl sites for hydroxylation is 1. The number of carbonyl (C=O) groups is 1. The number of benzene rings is 2. The van der Waals surface area contributed by atoms with Gasteiger partial charge in [-0.05, 0) is 62.5 Å². The number of hydrogen-bond acceptors (Lipinski definition) is 7. The summed E-state index contributed by atoms with van der Waals surface area (Å²) in [7, 11) is 0.432. The number of carbonyl (C=O) groups excluding carboxylic acids is 1. The Labute approximate surface area is 210 Å². The van der Waals surface area contributed by atoms with E-state index >= 15 is 0 Å². The van der Waals surface area contributed by atoms with Crippen LogP contribution in [-0.2, 0) is 10.0 Å². The predicted molar refractivity (Wildman–Crippen MR) is 141 cm³/mol. The molecule has 0 saturated carbocycles. The molecule has 2 aromatic heterocycles. The molecular weight excluding hydrogens is 476 g/mol. The lowest BCUT2D eigenvalue weighted by molar-refractivity contribution is 0.0977. The number of nitrogens with one attached hydrogen (secondary N) is 1. The zero-order valence-corrected chi connectivity index (χ0v) is 21.5. The summed E-state index contributed by atoms with van der Waals surface area (Å²) in [6.07, 6.45) is 0.943. The fourth-order valence-electron chi connectivity index (χ4n) is 4.45. The monoisotopic (exact) mass is 504 g/mol. The Hall–Kier alpha value is -3.76. The number of likely N-dealkylation sites (N-methyl/N-ethyl adjacent to an activating group) is 1. The van der Waals surface area contributed by atoms with Gasteiger partial charge in [-0.25, -0.2) is 22.8 Å². The third kappa shape index (κ3) is 4.57. The van der Waals surface area contributed by atoms with E-state index in [2.05, 4.69) is 41.0 Å². The van der Waals surface area contributed by atoms with E-state index in [-0.39, 0.29) is 5.69 Å². The van der Waals surface area contributed by atoms with Crippen molar-refractivity contribution in [1.29, 1.82) is 0 Å². The van der Waals surface area contributed by atoms with Crippen LogP contribution in [0.5, 0.6) is 0 Å². The highest BCUT2D eigenvalue weighted by molar-refractivity contribution is 7.89. The van der Waals surface area contributed by atoms with Crippen LogP contribution in [0.25, 0.3) is 27.8 Å². The molecule has 1 saturated heterocycles. The van der Waals surface area contributed by atoms with Gasteiger partial charge in [-0.15, -0.1) is 0 Å². The molecule has 1 fully saturated rings. The molecule has 36 heavy (non-hydrogen) atoms. The Balaban J connectivity index is 1.62. The van der Waals surface area contributed by atoms with Crippen molar-refractivity contribution in [2.24, 2.45) is 0 Å². The van der Waals surface area contributed by atoms with Gasteiger partial charge in [0.05, 0.1) is 23.0 Å². The lowest BCUT2D eigenvalue weighted by Crippen LogP contribution is -2.57. The van der Waals surface area contributed by atoms with Gasteiger partial charge in [-0.1, -0.05) is 30.3 Å². The van der Waals surface area contributed by atoms with Crippen molar-refractivity contribution >= 4 is 32.7 Å². The van der Waals surface area contributed by atoms with Gasteiger partial charge in [0, 0.05) is 24.8 Å². The number of anilines is 1. The summed E-state index contributed by atoms with van der Waals surface area (Å²) in [5.74, 6) is -0.786. The first-order chi connectivity index (χ1) is 17.1. The van der Waals surface area contributed by atoms with Crippen molar-refractivity contribution in [3.63, 3.8) is 0 Å². The van der Waals surface area contributed by atoms with E-state index in [1.807, 2.05) is 54.1 Å². The van der Waals surface area contributed by atoms with Gasteiger partial charge in [0.1, 0.15) is 5.69 Å². The third-order valence-electron chi connectivity index (χ3n) is 6.46. The van der Waals surface area contributed by atoms with E-state index < -0.39 is 15.9 Å². The van der Waals surface area contributed by atoms with Crippen molar-refractivity contribution in [1.82, 2.24) is 24.4 Å². The smallest absolute Gasteiger partial charge is 0.283 e. The minimum absolute atomic E-state index is 0.000602. The molecule has 0 aliphatic carbocycles. The fraction of sp³-hybridized carbons (Fsp3) is 0.269. The lowest BCUT2D eigenvalue weighted by atomic mass is 9.99. The Kier molecular flexibility index (Phi) is 6.01. The molecular formula is C26H28N6O3S. The number of hydrogen-bond donors (Lipinski definition) is 1. The van der Waals surface area contributed by atoms with Crippen molar-refractivity contribution < 1.29 is 13.2 Å². The summed E-state index contributed by atoms with van der Waals surface area (Å²) in [6.45, 7) is 3.86. The maximum Gasteiger partial charge on any atom is 0.283 e. The first-order valence-electron chi connectivity index (χ1n) is 11.6. The van der Waals surface area contributed by atoms with Gasteiger partial charge in [0.25, 0.3) is 5.91 Å². The molecule has 1 N–H and O–H groups in total. The first kappa shape index (κ1) is 24.0. The maximum absolute atomic E-state index is 12.8. The predicted octanol–water partition coefficient (Wildman–Crippen LogP) is 2.84. The topological polar surface area (TPSA) is 100 Å². The van der Waals surface area contributed by atoms with E-state index in [4.69, 9.17) is 5.10 Å². The number of aromatic nitrogens is 3. The average molecular weight is 505 g/mol. The van der Waals surface area contributed by atoms with Crippen molar-refractivity contribution in [2.45, 2.75) is 13.0 Å². The van der Waals surface area contributed by atoms with Crippen LogP contribution in [0.3, 0.4) is 0 Å². The highest BCUT2D eigenvalue weighted by Gasteiger charge is 2.28. The summed E-state index contributed by atoms with van der Waals surface area (Å²) in [5, 5.41) is 5.51. The van der Waals surface area contributed by atoms with E-state index in [0.717, 1.165) is 52.9 Å². The minimum atomic E-state index is -3.75. The number of pyridine rings is 1. The molecule has 1 amide bonds. The Morgan fingerprint density at radius 1 is 1.03 bits per heavy atom. The maximum atomic E-state index is 12.8. The van der Waals surface area contributed by atoms with Crippen LogP contribution < -0.4 is 9.62 Å². The summed E-state index contributed by atoms with van der Waals surface area (Å²) in [6, 6.07) is 19.9. The molecule has 0 radical (unpaired) electrons. The zero-order valence-electron chi connectivity index (χ0n) is 20.6. The highest BCUT2D eigenvalue weighted by Crippen LogP contribution is 2.34. The van der Waals surface area contributed by atoms with Crippen LogP contribution in [0, 0.1) is 6.92 Å². The van der Waals surface area contributed by atoms with Gasteiger partial charge in [0.15, 0.2) is 5.65 Å². The molecule has 9 nitrogen and oxygen atoms in total. The molecule has 0 spiro atoms. The SMILES string of the molecule is Cc1nn(-c2ccccc2)c2nc(C(=O)NS(C)(=O)=O)cc(-c3ccc(N4CC(N(C)C)C4)cc3)c12. The molecule has 4 aromatic rings. The molecule has 1 aliphatic heterocycles. The zero-order chi connectivity index (χ0) is 25.6. The van der Waals surface area contributed by atoms with E-state index in [1.165, 1.54) is 0 Å². The standard InChI is InChI=1S/C26H28N6O3S/c1-17-24-22(18-10-12-19(13-11-18)31-15-21(16-31)30(2)3)14-23(26(33)29-36(4,34)35)27-25(24)32(28-17)20-8-6-5-7-9-20/h5-14,21H,15-16H2,1-4H3,(H,29,33). The summed E-state index contributed by atoms with van der Waals surface area (Å²) >= 11 is 0. The van der Waals surface area contributed by atoms with Crippen LogP contribution in [-0.4, -0.2) is 73.5 Å². The van der Waals surface area contributed by atoms with Crippen molar-refractivity contribution in [2.75, 3.05) is 38.3 Å². The van der Waals surface area contributed by atoms with E-state index in [1.54, 1.807) is 10.7 Å². The summed E-state index contributed by atoms with van der Waals surface area (Å²) in [4.78, 5) is 21.9.